The van der Waals surface area contributed by atoms with Gasteiger partial charge < -0.3 is 27.4 Å². The van der Waals surface area contributed by atoms with Crippen molar-refractivity contribution < 1.29 is 0 Å². The molecule has 0 spiro atoms. The summed E-state index contributed by atoms with van der Waals surface area (Å²) < 4.78 is 14.3. The van der Waals surface area contributed by atoms with Gasteiger partial charge in [-0.1, -0.05) is 326 Å². The molecule has 546 valence electrons. The monoisotopic (exact) mass is 1430 g/mol. The maximum atomic E-state index is 2.54. The van der Waals surface area contributed by atoms with Gasteiger partial charge in [0.1, 0.15) is 0 Å². The Morgan fingerprint density at radius 1 is 0.245 bits per heavy atom. The van der Waals surface area contributed by atoms with E-state index in [1.807, 2.05) is 6.07 Å². The average molecular weight is 1430 g/mol. The second-order valence-electron chi connectivity index (χ2n) is 28.7. The molecule has 0 aliphatic rings. The Morgan fingerprint density at radius 3 is 0.845 bits per heavy atom. The van der Waals surface area contributed by atoms with Crippen LogP contribution in [0.15, 0.2) is 352 Å². The van der Waals surface area contributed by atoms with Crippen molar-refractivity contribution in [3.05, 3.63) is 357 Å². The van der Waals surface area contributed by atoms with Gasteiger partial charge in [-0.05, 0) is 129 Å². The standard InChI is InChI=1S/C20H15N.C20H25N.C18H13N.C18H21N.2C14H13N/c1-2-8-16(9-3-1)14-15-21-19-12-6-4-10-17(19)18-11-5-7-13-20(18)21;1-3-5-10-16(4-2)15-21-19-13-8-6-11-17(19)18-12-7-9-14-20(18)21;1-2-8-14(9-3-1)19-17-12-6-4-10-15(17)16-11-5-7-13-18(16)19;1-2-3-4-9-14-19-17-12-7-5-10-15(17)16-11-6-8-13-18(16)19;2*1-2-15-13-9-5-3-7-11(13)12-8-4-6-10-14(12)15/h1-15H;6-9,11-14,16H,3-5,10,15H2,1-2H3;1-13H;5-8,10-13H,2-4,9,14H2,1H3;2*3-10H,2H2,1H3/b15-14+;;;;;. The normalized spacial score (nSPS) is 11.7. The van der Waals surface area contributed by atoms with Crippen LogP contribution in [-0.4, -0.2) is 27.4 Å². The Balaban J connectivity index is 0.000000105. The van der Waals surface area contributed by atoms with Gasteiger partial charge >= 0.3 is 0 Å². The van der Waals surface area contributed by atoms with Gasteiger partial charge in [0, 0.05) is 147 Å². The first-order chi connectivity index (χ1) is 54.5. The van der Waals surface area contributed by atoms with Crippen LogP contribution in [0.1, 0.15) is 91.5 Å². The lowest BCUT2D eigenvalue weighted by molar-refractivity contribution is 0.401. The molecule has 1 unspecified atom stereocenters. The van der Waals surface area contributed by atoms with Crippen LogP contribution in [0.3, 0.4) is 0 Å². The van der Waals surface area contributed by atoms with Gasteiger partial charge in [0.15, 0.2) is 0 Å². The number of hydrogen-bond donors (Lipinski definition) is 0. The highest BCUT2D eigenvalue weighted by atomic mass is 15.0. The fourth-order valence-electron chi connectivity index (χ4n) is 16.6. The molecule has 0 saturated carbocycles. The third-order valence-electron chi connectivity index (χ3n) is 22.0. The molecule has 0 aliphatic carbocycles. The zero-order valence-corrected chi connectivity index (χ0v) is 64.4. The molecule has 14 aromatic carbocycles. The summed E-state index contributed by atoms with van der Waals surface area (Å²) in [6.07, 6.45) is 14.8. The van der Waals surface area contributed by atoms with E-state index >= 15 is 0 Å². The van der Waals surface area contributed by atoms with Gasteiger partial charge in [0.05, 0.1) is 22.1 Å². The number of unbranched alkanes of at least 4 members (excludes halogenated alkanes) is 4. The molecule has 0 radical (unpaired) electrons. The lowest BCUT2D eigenvalue weighted by Crippen LogP contribution is -2.10. The molecule has 20 aromatic rings. The van der Waals surface area contributed by atoms with E-state index in [9.17, 15) is 0 Å². The molecule has 0 amide bonds. The number of aromatic nitrogens is 6. The first-order valence-corrected chi connectivity index (χ1v) is 40.1. The molecule has 1 atom stereocenters. The van der Waals surface area contributed by atoms with Crippen molar-refractivity contribution in [2.45, 2.75) is 112 Å². The topological polar surface area (TPSA) is 29.6 Å². The first-order valence-electron chi connectivity index (χ1n) is 40.1. The summed E-state index contributed by atoms with van der Waals surface area (Å²) in [5.74, 6) is 0.782. The molecule has 6 nitrogen and oxygen atoms in total. The summed E-state index contributed by atoms with van der Waals surface area (Å²) in [7, 11) is 0. The maximum Gasteiger partial charge on any atom is 0.0541 e. The molecule has 6 heteroatoms. The van der Waals surface area contributed by atoms with Gasteiger partial charge in [-0.2, -0.15) is 0 Å². The Morgan fingerprint density at radius 2 is 0.518 bits per heavy atom. The third kappa shape index (κ3) is 15.3. The molecular weight excluding hydrogens is 1330 g/mol. The van der Waals surface area contributed by atoms with Crippen molar-refractivity contribution in [1.29, 1.82) is 0 Å². The fourth-order valence-corrected chi connectivity index (χ4v) is 16.6. The van der Waals surface area contributed by atoms with Crippen molar-refractivity contribution in [2.24, 2.45) is 5.92 Å². The SMILES string of the molecule is C(=C\n1c2ccccc2c2ccccc21)/c1ccccc1.CCCCC(CC)Cn1c2ccccc2c2ccccc21.CCCCCCn1c2ccccc2c2ccccc21.CCn1c2ccccc2c2ccccc21.CCn1c2ccccc2c2ccccc21.c1ccc(-n2c3ccccc3c3ccccc32)cc1. The molecule has 0 aliphatic heterocycles. The Hall–Kier alpha value is -12.4. The van der Waals surface area contributed by atoms with Gasteiger partial charge in [0.25, 0.3) is 0 Å². The van der Waals surface area contributed by atoms with E-state index in [4.69, 9.17) is 0 Å². The number of rotatable bonds is 16. The second-order valence-corrected chi connectivity index (χ2v) is 28.7. The van der Waals surface area contributed by atoms with E-state index < -0.39 is 0 Å². The van der Waals surface area contributed by atoms with Gasteiger partial charge in [-0.3, -0.25) is 0 Å². The summed E-state index contributed by atoms with van der Waals surface area (Å²) in [6, 6.07) is 125. The lowest BCUT2D eigenvalue weighted by Gasteiger charge is -2.17. The van der Waals surface area contributed by atoms with Crippen LogP contribution < -0.4 is 0 Å². The van der Waals surface area contributed by atoms with Crippen molar-refractivity contribution in [1.82, 2.24) is 27.4 Å². The molecule has 6 aromatic heterocycles. The predicted molar refractivity (Wildman–Crippen MR) is 478 cm³/mol. The van der Waals surface area contributed by atoms with Crippen molar-refractivity contribution >= 4 is 143 Å². The van der Waals surface area contributed by atoms with E-state index in [1.54, 1.807) is 0 Å². The molecular formula is C104H100N6. The molecule has 110 heavy (non-hydrogen) atoms. The van der Waals surface area contributed by atoms with Crippen LogP contribution >= 0.6 is 0 Å². The average Bonchev–Trinajstić information content (AvgIpc) is 1.74. The summed E-state index contributed by atoms with van der Waals surface area (Å²) in [4.78, 5) is 0. The van der Waals surface area contributed by atoms with E-state index in [1.165, 1.54) is 193 Å². The van der Waals surface area contributed by atoms with E-state index in [0.717, 1.165) is 32.1 Å². The van der Waals surface area contributed by atoms with Gasteiger partial charge in [0.2, 0.25) is 0 Å². The lowest BCUT2D eigenvalue weighted by atomic mass is 9.99. The number of aryl methyl sites for hydroxylation is 3. The molecule has 20 rings (SSSR count). The maximum absolute atomic E-state index is 2.54. The predicted octanol–water partition coefficient (Wildman–Crippen LogP) is 29.2. The third-order valence-corrected chi connectivity index (χ3v) is 22.0. The summed E-state index contributed by atoms with van der Waals surface area (Å²) >= 11 is 0. The molecule has 0 fully saturated rings. The molecule has 0 bridgehead atoms. The summed E-state index contributed by atoms with van der Waals surface area (Å²) in [5.41, 5.74) is 18.3. The van der Waals surface area contributed by atoms with Crippen LogP contribution in [0, 0.1) is 5.92 Å². The van der Waals surface area contributed by atoms with Crippen LogP contribution in [0.5, 0.6) is 0 Å². The minimum absolute atomic E-state index is 0.782. The highest BCUT2D eigenvalue weighted by molar-refractivity contribution is 6.13. The van der Waals surface area contributed by atoms with E-state index in [2.05, 4.69) is 420 Å². The zero-order chi connectivity index (χ0) is 75.0. The Labute approximate surface area is 647 Å². The minimum Gasteiger partial charge on any atom is -0.341 e. The smallest absolute Gasteiger partial charge is 0.0541 e. The molecule has 0 saturated heterocycles. The summed E-state index contributed by atoms with van der Waals surface area (Å²) in [5, 5.41) is 16.2. The number of para-hydroxylation sites is 13. The van der Waals surface area contributed by atoms with Crippen LogP contribution in [-0.2, 0) is 26.2 Å². The minimum atomic E-state index is 0.782. The van der Waals surface area contributed by atoms with Crippen molar-refractivity contribution in [3.8, 4) is 5.69 Å². The van der Waals surface area contributed by atoms with Crippen LogP contribution in [0.2, 0.25) is 0 Å². The Bertz CT molecular complexity index is 6010. The second kappa shape index (κ2) is 35.1. The van der Waals surface area contributed by atoms with Crippen LogP contribution in [0.4, 0.5) is 0 Å². The van der Waals surface area contributed by atoms with E-state index in [0.29, 0.717) is 0 Å². The summed E-state index contributed by atoms with van der Waals surface area (Å²) in [6.45, 7) is 15.6. The zero-order valence-electron chi connectivity index (χ0n) is 64.4. The largest absolute Gasteiger partial charge is 0.341 e. The van der Waals surface area contributed by atoms with Crippen molar-refractivity contribution in [2.75, 3.05) is 0 Å². The molecule has 0 N–H and O–H groups in total. The quantitative estimate of drug-likeness (QED) is 0.0863. The highest BCUT2D eigenvalue weighted by Gasteiger charge is 2.17. The van der Waals surface area contributed by atoms with Crippen LogP contribution in [0.25, 0.3) is 149 Å². The number of fused-ring (bicyclic) bond motifs is 18. The number of nitrogens with zero attached hydrogens (tertiary/aromatic N) is 6. The highest BCUT2D eigenvalue weighted by Crippen LogP contribution is 2.36. The van der Waals surface area contributed by atoms with Gasteiger partial charge in [-0.25, -0.2) is 0 Å². The number of benzene rings is 14. The molecule has 6 heterocycles. The fraction of sp³-hybridized carbons (Fsp3) is 0.173. The first kappa shape index (κ1) is 73.1. The van der Waals surface area contributed by atoms with Gasteiger partial charge in [-0.15, -0.1) is 0 Å². The number of hydrogen-bond acceptors (Lipinski definition) is 0. The van der Waals surface area contributed by atoms with E-state index in [-0.39, 0.29) is 0 Å². The Kier molecular flexibility index (Phi) is 23.3. The van der Waals surface area contributed by atoms with Crippen molar-refractivity contribution in [3.63, 3.8) is 0 Å².